The van der Waals surface area contributed by atoms with Crippen LogP contribution >= 0.6 is 12.6 Å². The molecule has 2 aromatic rings. The van der Waals surface area contributed by atoms with Crippen molar-refractivity contribution in [2.24, 2.45) is 0 Å². The summed E-state index contributed by atoms with van der Waals surface area (Å²) in [5.41, 5.74) is 6.53. The van der Waals surface area contributed by atoms with Gasteiger partial charge in [-0.2, -0.15) is 0 Å². The molecule has 2 rings (SSSR count). The maximum atomic E-state index is 5.76. The second-order valence-corrected chi connectivity index (χ2v) is 3.08. The fraction of sp³-hybridized carbons (Fsp3) is 0. The summed E-state index contributed by atoms with van der Waals surface area (Å²) in [6.07, 6.45) is 3.50. The first-order valence-corrected chi connectivity index (χ1v) is 4.05. The summed E-state index contributed by atoms with van der Waals surface area (Å²) in [5.74, 6) is 0. The fourth-order valence-corrected chi connectivity index (χ4v) is 1.45. The molecule has 0 unspecified atom stereocenters. The van der Waals surface area contributed by atoms with E-state index in [1.54, 1.807) is 12.4 Å². The molecule has 0 bridgehead atoms. The average Bonchev–Trinajstić information content (AvgIpc) is 2.12. The van der Waals surface area contributed by atoms with Gasteiger partial charge < -0.3 is 5.73 Å². The van der Waals surface area contributed by atoms with Gasteiger partial charge in [-0.3, -0.25) is 4.98 Å². The first kappa shape index (κ1) is 7.43. The summed E-state index contributed by atoms with van der Waals surface area (Å²) in [6, 6.07) is 5.62. The molecular weight excluding hydrogens is 168 g/mol. The smallest absolute Gasteiger partial charge is 0.0395 e. The number of nitrogens with two attached hydrogens (primary N) is 1. The van der Waals surface area contributed by atoms with Gasteiger partial charge in [0.2, 0.25) is 0 Å². The van der Waals surface area contributed by atoms with E-state index < -0.39 is 0 Å². The Balaban J connectivity index is 2.95. The zero-order valence-corrected chi connectivity index (χ0v) is 7.25. The second-order valence-electron chi connectivity index (χ2n) is 2.60. The van der Waals surface area contributed by atoms with Gasteiger partial charge in [-0.15, -0.1) is 12.6 Å². The summed E-state index contributed by atoms with van der Waals surface area (Å²) in [4.78, 5) is 4.92. The van der Waals surface area contributed by atoms with E-state index in [1.165, 1.54) is 0 Å². The van der Waals surface area contributed by atoms with Crippen LogP contribution in [0, 0.1) is 0 Å². The van der Waals surface area contributed by atoms with Gasteiger partial charge in [-0.1, -0.05) is 0 Å². The van der Waals surface area contributed by atoms with E-state index in [0.717, 1.165) is 21.4 Å². The molecule has 3 heteroatoms. The highest BCUT2D eigenvalue weighted by molar-refractivity contribution is 7.80. The lowest BCUT2D eigenvalue weighted by molar-refractivity contribution is 1.35. The highest BCUT2D eigenvalue weighted by Gasteiger charge is 1.99. The normalized spacial score (nSPS) is 10.4. The van der Waals surface area contributed by atoms with Crippen molar-refractivity contribution in [3.05, 3.63) is 30.6 Å². The summed E-state index contributed by atoms with van der Waals surface area (Å²) < 4.78 is 0. The van der Waals surface area contributed by atoms with Crippen LogP contribution < -0.4 is 5.73 Å². The maximum Gasteiger partial charge on any atom is 0.0395 e. The third kappa shape index (κ3) is 1.02. The van der Waals surface area contributed by atoms with E-state index in [2.05, 4.69) is 17.6 Å². The number of hydrogen-bond donors (Lipinski definition) is 2. The van der Waals surface area contributed by atoms with Crippen LogP contribution in [0.1, 0.15) is 0 Å². The molecule has 0 aliphatic heterocycles. The number of nitrogen functional groups attached to an aromatic ring is 1. The van der Waals surface area contributed by atoms with E-state index >= 15 is 0 Å². The molecule has 0 aliphatic rings. The zero-order valence-electron chi connectivity index (χ0n) is 6.36. The Bertz CT molecular complexity index is 385. The third-order valence-corrected chi connectivity index (χ3v) is 2.22. The third-order valence-electron chi connectivity index (χ3n) is 1.83. The SMILES string of the molecule is Nc1ccc(S)c2cnccc12. The number of aromatic nitrogens is 1. The first-order chi connectivity index (χ1) is 5.79. The summed E-state index contributed by atoms with van der Waals surface area (Å²) >= 11 is 4.30. The highest BCUT2D eigenvalue weighted by atomic mass is 32.1. The van der Waals surface area contributed by atoms with Crippen LogP contribution in [-0.2, 0) is 0 Å². The second kappa shape index (κ2) is 2.68. The van der Waals surface area contributed by atoms with Gasteiger partial charge in [-0.05, 0) is 18.2 Å². The van der Waals surface area contributed by atoms with Gasteiger partial charge in [0.1, 0.15) is 0 Å². The number of pyridine rings is 1. The molecule has 1 aromatic carbocycles. The van der Waals surface area contributed by atoms with Crippen LogP contribution in [0.5, 0.6) is 0 Å². The predicted molar refractivity (Wildman–Crippen MR) is 53.4 cm³/mol. The monoisotopic (exact) mass is 176 g/mol. The molecule has 1 aromatic heterocycles. The van der Waals surface area contributed by atoms with Gasteiger partial charge in [0.05, 0.1) is 0 Å². The van der Waals surface area contributed by atoms with E-state index in [0.29, 0.717) is 0 Å². The van der Waals surface area contributed by atoms with Crippen molar-refractivity contribution >= 4 is 29.1 Å². The van der Waals surface area contributed by atoms with Gasteiger partial charge >= 0.3 is 0 Å². The Morgan fingerprint density at radius 2 is 2.00 bits per heavy atom. The van der Waals surface area contributed by atoms with Crippen molar-refractivity contribution in [2.75, 3.05) is 5.73 Å². The predicted octanol–water partition coefficient (Wildman–Crippen LogP) is 2.11. The van der Waals surface area contributed by atoms with Crippen LogP contribution in [0.2, 0.25) is 0 Å². The average molecular weight is 176 g/mol. The Hall–Kier alpha value is -1.22. The van der Waals surface area contributed by atoms with E-state index in [-0.39, 0.29) is 0 Å². The van der Waals surface area contributed by atoms with Crippen molar-refractivity contribution in [2.45, 2.75) is 4.90 Å². The van der Waals surface area contributed by atoms with Gasteiger partial charge in [0.25, 0.3) is 0 Å². The molecule has 60 valence electrons. The molecule has 0 spiro atoms. The number of anilines is 1. The van der Waals surface area contributed by atoms with Crippen LogP contribution in [0.4, 0.5) is 5.69 Å². The minimum absolute atomic E-state index is 0.769. The topological polar surface area (TPSA) is 38.9 Å². The quantitative estimate of drug-likeness (QED) is 0.476. The van der Waals surface area contributed by atoms with Crippen molar-refractivity contribution in [3.63, 3.8) is 0 Å². The van der Waals surface area contributed by atoms with Crippen molar-refractivity contribution < 1.29 is 0 Å². The molecule has 1 heterocycles. The largest absolute Gasteiger partial charge is 0.398 e. The Morgan fingerprint density at radius 1 is 1.17 bits per heavy atom. The molecule has 0 aliphatic carbocycles. The molecule has 0 amide bonds. The lowest BCUT2D eigenvalue weighted by Gasteiger charge is -2.02. The molecule has 0 saturated heterocycles. The van der Waals surface area contributed by atoms with Crippen molar-refractivity contribution in [1.82, 2.24) is 4.98 Å². The van der Waals surface area contributed by atoms with Crippen LogP contribution in [-0.4, -0.2) is 4.98 Å². The number of thiol groups is 1. The minimum atomic E-state index is 0.769. The number of fused-ring (bicyclic) bond motifs is 1. The Kier molecular flexibility index (Phi) is 1.66. The fourth-order valence-electron chi connectivity index (χ4n) is 1.20. The van der Waals surface area contributed by atoms with Gasteiger partial charge in [0, 0.05) is 33.7 Å². The maximum absolute atomic E-state index is 5.76. The molecule has 12 heavy (non-hydrogen) atoms. The lowest BCUT2D eigenvalue weighted by atomic mass is 10.1. The number of hydrogen-bond acceptors (Lipinski definition) is 3. The molecule has 0 saturated carbocycles. The van der Waals surface area contributed by atoms with Crippen LogP contribution in [0.3, 0.4) is 0 Å². The standard InChI is InChI=1S/C9H8N2S/c10-8-1-2-9(12)7-5-11-4-3-6(7)8/h1-5,12H,10H2. The number of nitrogens with zero attached hydrogens (tertiary/aromatic N) is 1. The van der Waals surface area contributed by atoms with E-state index in [4.69, 9.17) is 5.73 Å². The number of rotatable bonds is 0. The zero-order chi connectivity index (χ0) is 8.55. The van der Waals surface area contributed by atoms with E-state index in [1.807, 2.05) is 18.2 Å². The van der Waals surface area contributed by atoms with Crippen LogP contribution in [0.25, 0.3) is 10.8 Å². The molecule has 2 nitrogen and oxygen atoms in total. The van der Waals surface area contributed by atoms with Gasteiger partial charge in [0.15, 0.2) is 0 Å². The first-order valence-electron chi connectivity index (χ1n) is 3.60. The Labute approximate surface area is 75.8 Å². The molecular formula is C9H8N2S. The molecule has 0 atom stereocenters. The van der Waals surface area contributed by atoms with Crippen molar-refractivity contribution in [3.8, 4) is 0 Å². The summed E-state index contributed by atoms with van der Waals surface area (Å²) in [7, 11) is 0. The molecule has 2 N–H and O–H groups in total. The summed E-state index contributed by atoms with van der Waals surface area (Å²) in [5, 5.41) is 2.01. The summed E-state index contributed by atoms with van der Waals surface area (Å²) in [6.45, 7) is 0. The minimum Gasteiger partial charge on any atom is -0.398 e. The molecule has 0 radical (unpaired) electrons. The molecule has 0 fully saturated rings. The Morgan fingerprint density at radius 3 is 2.75 bits per heavy atom. The van der Waals surface area contributed by atoms with Crippen LogP contribution in [0.15, 0.2) is 35.5 Å². The van der Waals surface area contributed by atoms with E-state index in [9.17, 15) is 0 Å². The lowest BCUT2D eigenvalue weighted by Crippen LogP contribution is -1.87. The number of benzene rings is 1. The van der Waals surface area contributed by atoms with Crippen molar-refractivity contribution in [1.29, 1.82) is 0 Å². The highest BCUT2D eigenvalue weighted by Crippen LogP contribution is 2.25. The van der Waals surface area contributed by atoms with Gasteiger partial charge in [-0.25, -0.2) is 0 Å².